The van der Waals surface area contributed by atoms with Gasteiger partial charge in [0.1, 0.15) is 11.6 Å². The molecule has 1 heterocycles. The fourth-order valence-corrected chi connectivity index (χ4v) is 2.20. The number of carbonyl (C=O) groups excluding carboxylic acids is 1. The van der Waals surface area contributed by atoms with Crippen LogP contribution in [0.3, 0.4) is 0 Å². The Kier molecular flexibility index (Phi) is 3.97. The van der Waals surface area contributed by atoms with Crippen molar-refractivity contribution in [1.29, 1.82) is 0 Å². The first-order chi connectivity index (χ1) is 9.08. The molecular weight excluding hydrogens is 254 g/mol. The van der Waals surface area contributed by atoms with Gasteiger partial charge >= 0.3 is 0 Å². The molecule has 1 aliphatic rings. The summed E-state index contributed by atoms with van der Waals surface area (Å²) in [5.74, 6) is -1.44. The first-order valence-electron chi connectivity index (χ1n) is 5.82. The first-order valence-corrected chi connectivity index (χ1v) is 5.82. The number of amides is 1. The zero-order valence-electron chi connectivity index (χ0n) is 10.1. The second-order valence-electron chi connectivity index (χ2n) is 4.54. The molecule has 0 spiro atoms. The molecule has 0 aliphatic carbocycles. The van der Waals surface area contributed by atoms with Gasteiger partial charge in [-0.25, -0.2) is 8.78 Å². The van der Waals surface area contributed by atoms with E-state index in [-0.39, 0.29) is 24.9 Å². The highest BCUT2D eigenvalue weighted by Crippen LogP contribution is 2.21. The Balaban J connectivity index is 2.03. The fourth-order valence-electron chi connectivity index (χ4n) is 2.20. The molecule has 0 N–H and O–H groups in total. The van der Waals surface area contributed by atoms with Crippen LogP contribution in [0.15, 0.2) is 23.3 Å². The second kappa shape index (κ2) is 5.67. The van der Waals surface area contributed by atoms with Crippen LogP contribution in [0, 0.1) is 17.6 Å². The molecule has 7 heteroatoms. The molecule has 0 bridgehead atoms. The van der Waals surface area contributed by atoms with Crippen molar-refractivity contribution in [2.75, 3.05) is 13.1 Å². The lowest BCUT2D eigenvalue weighted by Gasteiger charge is -2.16. The van der Waals surface area contributed by atoms with E-state index >= 15 is 0 Å². The molecule has 1 aromatic rings. The Morgan fingerprint density at radius 3 is 2.68 bits per heavy atom. The van der Waals surface area contributed by atoms with E-state index < -0.39 is 11.6 Å². The van der Waals surface area contributed by atoms with Crippen molar-refractivity contribution in [2.45, 2.75) is 13.0 Å². The number of azide groups is 1. The monoisotopic (exact) mass is 266 g/mol. The number of hydrogen-bond acceptors (Lipinski definition) is 2. The van der Waals surface area contributed by atoms with Crippen molar-refractivity contribution >= 4 is 5.91 Å². The lowest BCUT2D eigenvalue weighted by Crippen LogP contribution is -2.25. The Hall–Kier alpha value is -2.14. The number of carbonyl (C=O) groups is 1. The maximum Gasteiger partial charge on any atom is 0.223 e. The van der Waals surface area contributed by atoms with Crippen LogP contribution in [0.25, 0.3) is 10.4 Å². The molecule has 1 amide bonds. The van der Waals surface area contributed by atoms with Crippen LogP contribution in [-0.2, 0) is 11.3 Å². The van der Waals surface area contributed by atoms with Crippen LogP contribution >= 0.6 is 0 Å². The van der Waals surface area contributed by atoms with Crippen molar-refractivity contribution in [1.82, 2.24) is 4.90 Å². The third-order valence-corrected chi connectivity index (χ3v) is 2.99. The van der Waals surface area contributed by atoms with E-state index in [4.69, 9.17) is 5.53 Å². The lowest BCUT2D eigenvalue weighted by molar-refractivity contribution is -0.128. The second-order valence-corrected chi connectivity index (χ2v) is 4.54. The molecule has 1 aliphatic heterocycles. The topological polar surface area (TPSA) is 69.1 Å². The molecule has 100 valence electrons. The number of rotatable bonds is 4. The van der Waals surface area contributed by atoms with Gasteiger partial charge in [-0.3, -0.25) is 4.79 Å². The first kappa shape index (κ1) is 13.3. The predicted molar refractivity (Wildman–Crippen MR) is 63.9 cm³/mol. The average Bonchev–Trinajstić information content (AvgIpc) is 2.66. The quantitative estimate of drug-likeness (QED) is 0.469. The van der Waals surface area contributed by atoms with Gasteiger partial charge in [0.25, 0.3) is 0 Å². The van der Waals surface area contributed by atoms with Crippen molar-refractivity contribution < 1.29 is 13.6 Å². The van der Waals surface area contributed by atoms with Crippen LogP contribution < -0.4 is 0 Å². The van der Waals surface area contributed by atoms with Crippen molar-refractivity contribution in [3.8, 4) is 0 Å². The van der Waals surface area contributed by atoms with Gasteiger partial charge in [0, 0.05) is 37.0 Å². The van der Waals surface area contributed by atoms with E-state index in [2.05, 4.69) is 10.0 Å². The minimum atomic E-state index is -0.660. The van der Waals surface area contributed by atoms with Gasteiger partial charge < -0.3 is 4.90 Å². The SMILES string of the molecule is [N-]=[N+]=NCC1CC(=O)N(Cc2cc(F)cc(F)c2)C1. The number of likely N-dealkylation sites (tertiary alicyclic amines) is 1. The summed E-state index contributed by atoms with van der Waals surface area (Å²) >= 11 is 0. The normalized spacial score (nSPS) is 18.5. The summed E-state index contributed by atoms with van der Waals surface area (Å²) in [5.41, 5.74) is 8.64. The summed E-state index contributed by atoms with van der Waals surface area (Å²) in [6.45, 7) is 0.868. The predicted octanol–water partition coefficient (Wildman–Crippen LogP) is 2.62. The van der Waals surface area contributed by atoms with Crippen LogP contribution in [0.1, 0.15) is 12.0 Å². The van der Waals surface area contributed by atoms with Gasteiger partial charge in [-0.2, -0.15) is 0 Å². The van der Waals surface area contributed by atoms with Crippen LogP contribution in [0.5, 0.6) is 0 Å². The zero-order valence-corrected chi connectivity index (χ0v) is 10.1. The Morgan fingerprint density at radius 1 is 1.37 bits per heavy atom. The van der Waals surface area contributed by atoms with Gasteiger partial charge in [0.05, 0.1) is 0 Å². The maximum absolute atomic E-state index is 13.0. The highest BCUT2D eigenvalue weighted by Gasteiger charge is 2.28. The summed E-state index contributed by atoms with van der Waals surface area (Å²) < 4.78 is 26.1. The largest absolute Gasteiger partial charge is 0.338 e. The highest BCUT2D eigenvalue weighted by molar-refractivity contribution is 5.78. The third-order valence-electron chi connectivity index (χ3n) is 2.99. The molecule has 0 aromatic heterocycles. The fraction of sp³-hybridized carbons (Fsp3) is 0.417. The average molecular weight is 266 g/mol. The molecule has 0 saturated carbocycles. The minimum Gasteiger partial charge on any atom is -0.338 e. The Bertz CT molecular complexity index is 522. The third kappa shape index (κ3) is 3.42. The van der Waals surface area contributed by atoms with Crippen LogP contribution in [0.4, 0.5) is 8.78 Å². The summed E-state index contributed by atoms with van der Waals surface area (Å²) in [5, 5.41) is 3.44. The van der Waals surface area contributed by atoms with Crippen LogP contribution in [0.2, 0.25) is 0 Å². The van der Waals surface area contributed by atoms with Gasteiger partial charge in [-0.15, -0.1) is 0 Å². The van der Waals surface area contributed by atoms with Gasteiger partial charge in [-0.05, 0) is 29.1 Å². The molecule has 19 heavy (non-hydrogen) atoms. The Labute approximate surface area is 108 Å². The standard InChI is InChI=1S/C12H12F2N4O/c13-10-1-8(2-11(14)4-10)6-18-7-9(3-12(18)19)5-16-17-15/h1-2,4,9H,3,5-7H2. The number of halogens is 2. The van der Waals surface area contributed by atoms with E-state index in [0.717, 1.165) is 6.07 Å². The minimum absolute atomic E-state index is 0.0261. The van der Waals surface area contributed by atoms with Crippen molar-refractivity contribution in [3.63, 3.8) is 0 Å². The summed E-state index contributed by atoms with van der Waals surface area (Å²) in [4.78, 5) is 15.9. The number of benzene rings is 1. The van der Waals surface area contributed by atoms with Gasteiger partial charge in [-0.1, -0.05) is 5.11 Å². The van der Waals surface area contributed by atoms with E-state index in [1.165, 1.54) is 17.0 Å². The van der Waals surface area contributed by atoms with E-state index in [1.807, 2.05) is 0 Å². The Morgan fingerprint density at radius 2 is 2.05 bits per heavy atom. The summed E-state index contributed by atoms with van der Waals surface area (Å²) in [7, 11) is 0. The molecular formula is C12H12F2N4O. The van der Waals surface area contributed by atoms with Gasteiger partial charge in [0.2, 0.25) is 5.91 Å². The number of nitrogens with zero attached hydrogens (tertiary/aromatic N) is 4. The molecule has 1 fully saturated rings. The van der Waals surface area contributed by atoms with Crippen molar-refractivity contribution in [3.05, 3.63) is 45.8 Å². The molecule has 1 saturated heterocycles. The van der Waals surface area contributed by atoms with Crippen LogP contribution in [-0.4, -0.2) is 23.9 Å². The number of hydrogen-bond donors (Lipinski definition) is 0. The van der Waals surface area contributed by atoms with E-state index in [1.54, 1.807) is 0 Å². The van der Waals surface area contributed by atoms with Gasteiger partial charge in [0.15, 0.2) is 0 Å². The summed E-state index contributed by atoms with van der Waals surface area (Å²) in [6.07, 6.45) is 0.302. The highest BCUT2D eigenvalue weighted by atomic mass is 19.1. The lowest BCUT2D eigenvalue weighted by atomic mass is 10.1. The smallest absolute Gasteiger partial charge is 0.223 e. The molecule has 1 aromatic carbocycles. The zero-order chi connectivity index (χ0) is 13.8. The van der Waals surface area contributed by atoms with E-state index in [9.17, 15) is 13.6 Å². The molecule has 2 rings (SSSR count). The summed E-state index contributed by atoms with van der Waals surface area (Å²) in [6, 6.07) is 3.20. The van der Waals surface area contributed by atoms with E-state index in [0.29, 0.717) is 18.5 Å². The maximum atomic E-state index is 13.0. The molecule has 5 nitrogen and oxygen atoms in total. The van der Waals surface area contributed by atoms with Crippen molar-refractivity contribution in [2.24, 2.45) is 11.0 Å². The molecule has 1 atom stereocenters. The molecule has 1 unspecified atom stereocenters. The molecule has 0 radical (unpaired) electrons.